The van der Waals surface area contributed by atoms with Gasteiger partial charge in [-0.05, 0) is 37.1 Å². The molecule has 2 aliphatic heterocycles. The molecule has 0 saturated carbocycles. The quantitative estimate of drug-likeness (QED) is 0.851. The van der Waals surface area contributed by atoms with Crippen LogP contribution in [0.1, 0.15) is 18.4 Å². The predicted molar refractivity (Wildman–Crippen MR) is 108 cm³/mol. The molecule has 0 aliphatic carbocycles. The number of ether oxygens (including phenoxy) is 1. The molecule has 1 aromatic carbocycles. The fraction of sp³-hybridized carbons (Fsp3) is 0.500. The van der Waals surface area contributed by atoms with E-state index in [-0.39, 0.29) is 0 Å². The van der Waals surface area contributed by atoms with E-state index in [9.17, 15) is 0 Å². The number of hydrogen-bond acceptors (Lipinski definition) is 6. The van der Waals surface area contributed by atoms with Gasteiger partial charge < -0.3 is 15.0 Å². The molecule has 144 valence electrons. The number of morpholine rings is 1. The number of aromatic nitrogens is 2. The second-order valence-electron chi connectivity index (χ2n) is 7.15. The van der Waals surface area contributed by atoms with Crippen molar-refractivity contribution in [2.45, 2.75) is 25.4 Å². The van der Waals surface area contributed by atoms with E-state index in [1.54, 1.807) is 0 Å². The smallest absolute Gasteiger partial charge is 0.227 e. The highest BCUT2D eigenvalue weighted by atomic mass is 35.5. The second kappa shape index (κ2) is 8.87. The van der Waals surface area contributed by atoms with Crippen LogP contribution < -0.4 is 10.2 Å². The van der Waals surface area contributed by atoms with Gasteiger partial charge in [0.1, 0.15) is 5.82 Å². The lowest BCUT2D eigenvalue weighted by molar-refractivity contribution is 0.122. The summed E-state index contributed by atoms with van der Waals surface area (Å²) in [6.45, 7) is 6.15. The third-order valence-electron chi connectivity index (χ3n) is 5.15. The van der Waals surface area contributed by atoms with E-state index in [2.05, 4.69) is 32.2 Å². The Morgan fingerprint density at radius 3 is 2.85 bits per heavy atom. The number of piperidine rings is 1. The van der Waals surface area contributed by atoms with Gasteiger partial charge in [-0.2, -0.15) is 4.98 Å². The van der Waals surface area contributed by atoms with Crippen molar-refractivity contribution in [2.24, 2.45) is 0 Å². The molecule has 0 radical (unpaired) electrons. The van der Waals surface area contributed by atoms with E-state index in [1.807, 2.05) is 24.4 Å². The number of nitrogens with zero attached hydrogens (tertiary/aromatic N) is 4. The van der Waals surface area contributed by atoms with Crippen molar-refractivity contribution in [2.75, 3.05) is 49.6 Å². The van der Waals surface area contributed by atoms with Crippen molar-refractivity contribution in [3.8, 4) is 0 Å². The van der Waals surface area contributed by atoms with Gasteiger partial charge in [-0.3, -0.25) is 4.90 Å². The van der Waals surface area contributed by atoms with Gasteiger partial charge in [-0.25, -0.2) is 4.98 Å². The van der Waals surface area contributed by atoms with Crippen LogP contribution in [0.2, 0.25) is 5.02 Å². The number of halogens is 1. The first kappa shape index (κ1) is 18.5. The maximum Gasteiger partial charge on any atom is 0.227 e. The van der Waals surface area contributed by atoms with Gasteiger partial charge in [-0.1, -0.05) is 29.8 Å². The molecule has 1 unspecified atom stereocenters. The fourth-order valence-corrected chi connectivity index (χ4v) is 3.93. The van der Waals surface area contributed by atoms with Crippen molar-refractivity contribution in [3.05, 3.63) is 47.1 Å². The zero-order valence-electron chi connectivity index (χ0n) is 15.5. The van der Waals surface area contributed by atoms with Crippen LogP contribution in [0.5, 0.6) is 0 Å². The first-order chi connectivity index (χ1) is 13.3. The van der Waals surface area contributed by atoms with Crippen LogP contribution in [0.3, 0.4) is 0 Å². The van der Waals surface area contributed by atoms with E-state index >= 15 is 0 Å². The summed E-state index contributed by atoms with van der Waals surface area (Å²) < 4.78 is 5.41. The Bertz CT molecular complexity index is 753. The van der Waals surface area contributed by atoms with Crippen molar-refractivity contribution >= 4 is 23.4 Å². The summed E-state index contributed by atoms with van der Waals surface area (Å²) in [5.41, 5.74) is 1.19. The normalized spacial score (nSPS) is 21.2. The summed E-state index contributed by atoms with van der Waals surface area (Å²) in [7, 11) is 0. The highest BCUT2D eigenvalue weighted by Crippen LogP contribution is 2.21. The minimum atomic E-state index is 0.383. The Kier molecular flexibility index (Phi) is 6.07. The molecule has 1 aromatic heterocycles. The van der Waals surface area contributed by atoms with Crippen LogP contribution in [-0.2, 0) is 11.3 Å². The summed E-state index contributed by atoms with van der Waals surface area (Å²) in [4.78, 5) is 13.8. The van der Waals surface area contributed by atoms with Crippen molar-refractivity contribution in [1.29, 1.82) is 0 Å². The average molecular weight is 388 g/mol. The van der Waals surface area contributed by atoms with Gasteiger partial charge in [0, 0.05) is 43.4 Å². The number of likely N-dealkylation sites (tertiary alicyclic amines) is 1. The standard InChI is InChI=1S/C20H26ClN5O/c21-18-6-2-1-4-16(18)14-25-9-3-5-17(15-25)23-19-7-8-22-20(24-19)26-10-12-27-13-11-26/h1-2,4,6-8,17H,3,5,9-15H2,(H,22,23,24). The molecule has 2 fully saturated rings. The highest BCUT2D eigenvalue weighted by Gasteiger charge is 2.21. The van der Waals surface area contributed by atoms with Crippen molar-refractivity contribution < 1.29 is 4.74 Å². The molecule has 27 heavy (non-hydrogen) atoms. The van der Waals surface area contributed by atoms with Gasteiger partial charge in [0.2, 0.25) is 5.95 Å². The topological polar surface area (TPSA) is 53.5 Å². The lowest BCUT2D eigenvalue weighted by Crippen LogP contribution is -2.42. The molecule has 0 spiro atoms. The van der Waals surface area contributed by atoms with Crippen LogP contribution in [0, 0.1) is 0 Å². The Morgan fingerprint density at radius 1 is 1.15 bits per heavy atom. The third kappa shape index (κ3) is 4.89. The minimum Gasteiger partial charge on any atom is -0.378 e. The molecule has 1 atom stereocenters. The molecular weight excluding hydrogens is 362 g/mol. The van der Waals surface area contributed by atoms with Crippen LogP contribution in [0.25, 0.3) is 0 Å². The molecule has 2 aromatic rings. The SMILES string of the molecule is Clc1ccccc1CN1CCCC(Nc2ccnc(N3CCOCC3)n2)C1. The van der Waals surface area contributed by atoms with Gasteiger partial charge in [0.05, 0.1) is 13.2 Å². The Hall–Kier alpha value is -1.89. The lowest BCUT2D eigenvalue weighted by atomic mass is 10.0. The number of benzene rings is 1. The summed E-state index contributed by atoms with van der Waals surface area (Å²) >= 11 is 6.33. The molecule has 4 rings (SSSR count). The third-order valence-corrected chi connectivity index (χ3v) is 5.51. The van der Waals surface area contributed by atoms with Crippen molar-refractivity contribution in [3.63, 3.8) is 0 Å². The van der Waals surface area contributed by atoms with Gasteiger partial charge in [0.15, 0.2) is 0 Å². The average Bonchev–Trinajstić information content (AvgIpc) is 2.71. The summed E-state index contributed by atoms with van der Waals surface area (Å²) in [5, 5.41) is 4.45. The zero-order valence-corrected chi connectivity index (χ0v) is 16.2. The largest absolute Gasteiger partial charge is 0.378 e. The van der Waals surface area contributed by atoms with Gasteiger partial charge >= 0.3 is 0 Å². The van der Waals surface area contributed by atoms with Gasteiger partial charge in [0.25, 0.3) is 0 Å². The number of anilines is 2. The molecule has 6 nitrogen and oxygen atoms in total. The Balaban J connectivity index is 1.37. The molecule has 7 heteroatoms. The number of nitrogens with one attached hydrogen (secondary N) is 1. The first-order valence-electron chi connectivity index (χ1n) is 9.66. The molecule has 2 saturated heterocycles. The zero-order chi connectivity index (χ0) is 18.5. The monoisotopic (exact) mass is 387 g/mol. The van der Waals surface area contributed by atoms with Crippen LogP contribution >= 0.6 is 11.6 Å². The van der Waals surface area contributed by atoms with Gasteiger partial charge in [-0.15, -0.1) is 0 Å². The number of hydrogen-bond donors (Lipinski definition) is 1. The van der Waals surface area contributed by atoms with Crippen molar-refractivity contribution in [1.82, 2.24) is 14.9 Å². The Labute approximate surface area is 165 Å². The summed E-state index contributed by atoms with van der Waals surface area (Å²) in [6, 6.07) is 10.4. The molecule has 2 aliphatic rings. The minimum absolute atomic E-state index is 0.383. The van der Waals surface area contributed by atoms with Crippen LogP contribution in [0.4, 0.5) is 11.8 Å². The fourth-order valence-electron chi connectivity index (χ4n) is 3.74. The van der Waals surface area contributed by atoms with E-state index in [1.165, 1.54) is 12.0 Å². The lowest BCUT2D eigenvalue weighted by Gasteiger charge is -2.34. The molecule has 0 amide bonds. The Morgan fingerprint density at radius 2 is 2.00 bits per heavy atom. The molecule has 0 bridgehead atoms. The van der Waals surface area contributed by atoms with Crippen LogP contribution in [0.15, 0.2) is 36.5 Å². The predicted octanol–water partition coefficient (Wildman–Crippen LogP) is 3.04. The maximum atomic E-state index is 6.33. The molecule has 3 heterocycles. The van der Waals surface area contributed by atoms with E-state index in [0.717, 1.165) is 69.1 Å². The van der Waals surface area contributed by atoms with E-state index in [4.69, 9.17) is 21.3 Å². The summed E-state index contributed by atoms with van der Waals surface area (Å²) in [6.07, 6.45) is 4.16. The molecule has 1 N–H and O–H groups in total. The van der Waals surface area contributed by atoms with Crippen LogP contribution in [-0.4, -0.2) is 60.3 Å². The maximum absolute atomic E-state index is 6.33. The van der Waals surface area contributed by atoms with E-state index < -0.39 is 0 Å². The first-order valence-corrected chi connectivity index (χ1v) is 10.0. The summed E-state index contributed by atoms with van der Waals surface area (Å²) in [5.74, 6) is 1.68. The van der Waals surface area contributed by atoms with E-state index in [0.29, 0.717) is 6.04 Å². The number of rotatable bonds is 5. The molecular formula is C20H26ClN5O. The second-order valence-corrected chi connectivity index (χ2v) is 7.56. The highest BCUT2D eigenvalue weighted by molar-refractivity contribution is 6.31.